The van der Waals surface area contributed by atoms with Gasteiger partial charge in [-0.2, -0.15) is 0 Å². The molecule has 3 N–H and O–H groups in total. The predicted molar refractivity (Wildman–Crippen MR) is 418 cm³/mol. The Kier molecular flexibility index (Phi) is 74.0. The molecule has 0 heterocycles. The average Bonchev–Trinajstić information content (AvgIpc) is 0.943. The van der Waals surface area contributed by atoms with Crippen LogP contribution in [0.15, 0.2) is 48.6 Å². The van der Waals surface area contributed by atoms with Crippen LogP contribution in [-0.2, 0) is 65.4 Å². The SMILES string of the molecule is CCCCC/C=C\C/C=C\C/C=C\C/C=C\CCCC(=O)OC[C@H](COP(=O)(O)OC[C@@H](O)COP(=O)(O)OC[C@@H](COC(=O)CCCCCCCCCCCCCCC)OC(=O)CCCCCCCCCCCCCCCCC)OC(=O)CCCCCCCCCCCCCCCCCCC. The largest absolute Gasteiger partial charge is 0.472 e. The Labute approximate surface area is 623 Å². The van der Waals surface area contributed by atoms with Crippen LogP contribution >= 0.6 is 15.6 Å². The van der Waals surface area contributed by atoms with Crippen molar-refractivity contribution in [3.8, 4) is 0 Å². The van der Waals surface area contributed by atoms with Crippen molar-refractivity contribution in [2.24, 2.45) is 0 Å². The minimum atomic E-state index is -4.98. The zero-order valence-electron chi connectivity index (χ0n) is 65.6. The van der Waals surface area contributed by atoms with E-state index in [0.29, 0.717) is 32.1 Å². The van der Waals surface area contributed by atoms with Crippen molar-refractivity contribution in [2.45, 2.75) is 418 Å². The molecule has 102 heavy (non-hydrogen) atoms. The van der Waals surface area contributed by atoms with Crippen LogP contribution < -0.4 is 0 Å². The number of ether oxygens (including phenoxy) is 4. The van der Waals surface area contributed by atoms with Gasteiger partial charge in [-0.1, -0.05) is 359 Å². The maximum absolute atomic E-state index is 13.1. The second-order valence-corrected chi connectivity index (χ2v) is 31.4. The van der Waals surface area contributed by atoms with Gasteiger partial charge in [0, 0.05) is 25.7 Å². The normalized spacial score (nSPS) is 14.1. The molecule has 0 bridgehead atoms. The van der Waals surface area contributed by atoms with Crippen molar-refractivity contribution in [1.82, 2.24) is 0 Å². The monoisotopic (exact) mass is 1490 g/mol. The number of aliphatic hydroxyl groups excluding tert-OH is 1. The maximum Gasteiger partial charge on any atom is 0.472 e. The van der Waals surface area contributed by atoms with Gasteiger partial charge in [0.15, 0.2) is 12.2 Å². The number of hydrogen-bond donors (Lipinski definition) is 3. The molecule has 598 valence electrons. The molecular weight excluding hydrogens is 1330 g/mol. The van der Waals surface area contributed by atoms with Gasteiger partial charge in [-0.3, -0.25) is 37.3 Å². The minimum Gasteiger partial charge on any atom is -0.462 e. The fourth-order valence-electron chi connectivity index (χ4n) is 11.9. The van der Waals surface area contributed by atoms with Crippen LogP contribution in [0, 0.1) is 0 Å². The number of rotatable bonds is 80. The van der Waals surface area contributed by atoms with Gasteiger partial charge in [0.1, 0.15) is 19.3 Å². The molecule has 19 heteroatoms. The lowest BCUT2D eigenvalue weighted by atomic mass is 10.0. The van der Waals surface area contributed by atoms with E-state index < -0.39 is 97.5 Å². The summed E-state index contributed by atoms with van der Waals surface area (Å²) in [7, 11) is -9.95. The zero-order valence-corrected chi connectivity index (χ0v) is 67.3. The van der Waals surface area contributed by atoms with E-state index in [1.165, 1.54) is 218 Å². The first kappa shape index (κ1) is 99.0. The Morgan fingerprint density at radius 1 is 0.275 bits per heavy atom. The lowest BCUT2D eigenvalue weighted by Crippen LogP contribution is -2.30. The number of phosphoric acid groups is 2. The van der Waals surface area contributed by atoms with Crippen molar-refractivity contribution in [3.63, 3.8) is 0 Å². The highest BCUT2D eigenvalue weighted by molar-refractivity contribution is 7.47. The van der Waals surface area contributed by atoms with Crippen molar-refractivity contribution in [1.29, 1.82) is 0 Å². The number of allylic oxidation sites excluding steroid dienone is 8. The number of esters is 4. The van der Waals surface area contributed by atoms with E-state index in [1.807, 2.05) is 12.2 Å². The summed E-state index contributed by atoms with van der Waals surface area (Å²) >= 11 is 0. The summed E-state index contributed by atoms with van der Waals surface area (Å²) in [5.74, 6) is -2.19. The second-order valence-electron chi connectivity index (χ2n) is 28.4. The van der Waals surface area contributed by atoms with E-state index in [-0.39, 0.29) is 25.7 Å². The van der Waals surface area contributed by atoms with Gasteiger partial charge in [0.05, 0.1) is 26.4 Å². The number of hydrogen-bond acceptors (Lipinski definition) is 15. The quantitative estimate of drug-likeness (QED) is 0.0169. The Hall–Kier alpha value is -2.98. The Morgan fingerprint density at radius 3 is 0.775 bits per heavy atom. The van der Waals surface area contributed by atoms with E-state index in [4.69, 9.17) is 37.0 Å². The Bertz CT molecular complexity index is 2120. The summed E-state index contributed by atoms with van der Waals surface area (Å²) in [6.07, 6.45) is 75.1. The lowest BCUT2D eigenvalue weighted by molar-refractivity contribution is -0.161. The van der Waals surface area contributed by atoms with Gasteiger partial charge in [-0.25, -0.2) is 9.13 Å². The summed E-state index contributed by atoms with van der Waals surface area (Å²) in [6.45, 7) is 4.90. The highest BCUT2D eigenvalue weighted by atomic mass is 31.2. The van der Waals surface area contributed by atoms with E-state index in [9.17, 15) is 43.2 Å². The number of aliphatic hydroxyl groups is 1. The molecule has 0 rings (SSSR count). The first-order chi connectivity index (χ1) is 49.7. The Morgan fingerprint density at radius 2 is 0.490 bits per heavy atom. The fraction of sp³-hybridized carbons (Fsp3) is 0.855. The molecule has 0 aromatic rings. The molecule has 0 fully saturated rings. The van der Waals surface area contributed by atoms with Crippen LogP contribution in [0.2, 0.25) is 0 Å². The van der Waals surface area contributed by atoms with Gasteiger partial charge in [-0.05, 0) is 64.2 Å². The maximum atomic E-state index is 13.1. The summed E-state index contributed by atoms with van der Waals surface area (Å²) in [5.41, 5.74) is 0. The molecule has 0 aliphatic heterocycles. The summed E-state index contributed by atoms with van der Waals surface area (Å²) in [5, 5.41) is 10.6. The average molecular weight is 1490 g/mol. The van der Waals surface area contributed by atoms with Gasteiger partial charge in [0.25, 0.3) is 0 Å². The standard InChI is InChI=1S/C83H154O17P2/c1-5-9-13-17-21-25-29-33-36-38-41-44-48-52-56-60-64-68-81(86)94-74-79(100-83(88)70-66-62-58-54-50-46-42-39-37-34-30-26-22-18-14-10-6-2)76-98-102(91,92)96-72-77(84)71-95-101(89,90)97-75-78(73-93-80(85)67-63-59-55-51-47-43-32-28-24-20-16-12-8-4)99-82(87)69-65-61-57-53-49-45-40-35-31-27-23-19-15-11-7-3/h21,25,33,36,41,44,52,56,77-79,84H,5-20,22-24,26-32,34-35,37-40,42-43,45-51,53-55,57-76H2,1-4H3,(H,89,90)(H,91,92)/b25-21-,36-33-,44-41-,56-52-/t77-,78+,79+/m0/s1. The molecule has 0 amide bonds. The van der Waals surface area contributed by atoms with Crippen molar-refractivity contribution in [2.75, 3.05) is 39.6 Å². The third-order valence-electron chi connectivity index (χ3n) is 18.3. The van der Waals surface area contributed by atoms with Gasteiger partial charge >= 0.3 is 39.5 Å². The van der Waals surface area contributed by atoms with Crippen LogP contribution in [0.4, 0.5) is 0 Å². The molecule has 2 unspecified atom stereocenters. The first-order valence-corrected chi connectivity index (χ1v) is 44.9. The summed E-state index contributed by atoms with van der Waals surface area (Å²) in [4.78, 5) is 73.1. The number of phosphoric ester groups is 2. The molecule has 0 aliphatic carbocycles. The van der Waals surface area contributed by atoms with Gasteiger partial charge in [0.2, 0.25) is 0 Å². The molecule has 5 atom stereocenters. The van der Waals surface area contributed by atoms with Crippen molar-refractivity contribution < 1.29 is 80.2 Å². The van der Waals surface area contributed by atoms with Crippen molar-refractivity contribution in [3.05, 3.63) is 48.6 Å². The summed E-state index contributed by atoms with van der Waals surface area (Å²) < 4.78 is 68.7. The van der Waals surface area contributed by atoms with E-state index in [1.54, 1.807) is 0 Å². The fourth-order valence-corrected chi connectivity index (χ4v) is 13.5. The third-order valence-corrected chi connectivity index (χ3v) is 20.2. The van der Waals surface area contributed by atoms with Crippen LogP contribution in [0.1, 0.15) is 400 Å². The second kappa shape index (κ2) is 76.2. The van der Waals surface area contributed by atoms with Crippen molar-refractivity contribution >= 4 is 39.5 Å². The molecule has 0 aromatic heterocycles. The Balaban J connectivity index is 5.35. The zero-order chi connectivity index (χ0) is 74.6. The van der Waals surface area contributed by atoms with Gasteiger partial charge in [-0.15, -0.1) is 0 Å². The lowest BCUT2D eigenvalue weighted by Gasteiger charge is -2.21. The first-order valence-electron chi connectivity index (χ1n) is 41.9. The molecule has 0 aliphatic rings. The minimum absolute atomic E-state index is 0.0917. The number of carbonyl (C=O) groups is 4. The summed E-state index contributed by atoms with van der Waals surface area (Å²) in [6, 6.07) is 0. The highest BCUT2D eigenvalue weighted by Gasteiger charge is 2.30. The topological polar surface area (TPSA) is 237 Å². The van der Waals surface area contributed by atoms with E-state index >= 15 is 0 Å². The number of unbranched alkanes of at least 4 members (excludes halogenated alkanes) is 46. The van der Waals surface area contributed by atoms with Crippen LogP contribution in [-0.4, -0.2) is 96.7 Å². The predicted octanol–water partition coefficient (Wildman–Crippen LogP) is 24.5. The van der Waals surface area contributed by atoms with E-state index in [0.717, 1.165) is 96.3 Å². The van der Waals surface area contributed by atoms with E-state index in [2.05, 4.69) is 64.2 Å². The highest BCUT2D eigenvalue weighted by Crippen LogP contribution is 2.45. The van der Waals surface area contributed by atoms with Crippen LogP contribution in [0.5, 0.6) is 0 Å². The molecule has 0 saturated carbocycles. The molecule has 0 aromatic carbocycles. The molecule has 0 saturated heterocycles. The molecule has 17 nitrogen and oxygen atoms in total. The molecule has 0 spiro atoms. The number of carbonyl (C=O) groups excluding carboxylic acids is 4. The third kappa shape index (κ3) is 75.3. The smallest absolute Gasteiger partial charge is 0.462 e. The van der Waals surface area contributed by atoms with Gasteiger partial charge < -0.3 is 33.8 Å². The molecule has 0 radical (unpaired) electrons. The van der Waals surface area contributed by atoms with Crippen LogP contribution in [0.3, 0.4) is 0 Å². The molecular formula is C83H154O17P2. The van der Waals surface area contributed by atoms with Crippen LogP contribution in [0.25, 0.3) is 0 Å².